The molecular weight excluding hydrogens is 519 g/mol. The Labute approximate surface area is 205 Å². The number of ether oxygens (including phenoxy) is 1. The lowest BCUT2D eigenvalue weighted by Gasteiger charge is -2.16. The fourth-order valence-electron chi connectivity index (χ4n) is 3.11. The monoisotopic (exact) mass is 534 g/mol. The highest BCUT2D eigenvalue weighted by atomic mass is 35.5. The third kappa shape index (κ3) is 5.82. The summed E-state index contributed by atoms with van der Waals surface area (Å²) in [5.41, 5.74) is -2.05. The second-order valence-corrected chi connectivity index (χ2v) is 8.09. The number of carbonyl (C=O) groups is 1. The van der Waals surface area contributed by atoms with Gasteiger partial charge in [-0.1, -0.05) is 23.2 Å². The van der Waals surface area contributed by atoms with E-state index >= 15 is 0 Å². The molecule has 0 bridgehead atoms. The van der Waals surface area contributed by atoms with Crippen LogP contribution in [0.4, 0.5) is 28.9 Å². The molecule has 35 heavy (non-hydrogen) atoms. The van der Waals surface area contributed by atoms with Crippen LogP contribution < -0.4 is 10.1 Å². The summed E-state index contributed by atoms with van der Waals surface area (Å²) >= 11 is 11.5. The molecule has 8 nitrogen and oxygen atoms in total. The van der Waals surface area contributed by atoms with E-state index in [4.69, 9.17) is 27.9 Å². The third-order valence-corrected chi connectivity index (χ3v) is 5.43. The zero-order valence-corrected chi connectivity index (χ0v) is 19.5. The predicted molar refractivity (Wildman–Crippen MR) is 120 cm³/mol. The first-order valence-corrected chi connectivity index (χ1v) is 10.5. The molecule has 0 saturated carbocycles. The molecule has 1 amide bonds. The van der Waals surface area contributed by atoms with Gasteiger partial charge in [0.25, 0.3) is 18.5 Å². The summed E-state index contributed by atoms with van der Waals surface area (Å²) in [5, 5.41) is 16.6. The van der Waals surface area contributed by atoms with Gasteiger partial charge in [0, 0.05) is 17.2 Å². The molecule has 186 valence electrons. The Hall–Kier alpha value is -3.38. The van der Waals surface area contributed by atoms with E-state index < -0.39 is 51.8 Å². The number of aromatic nitrogens is 2. The first-order chi connectivity index (χ1) is 16.4. The zero-order valence-electron chi connectivity index (χ0n) is 17.9. The molecule has 1 heterocycles. The van der Waals surface area contributed by atoms with Crippen LogP contribution in [0.1, 0.15) is 42.8 Å². The second-order valence-electron chi connectivity index (χ2n) is 7.28. The second kappa shape index (κ2) is 10.5. The van der Waals surface area contributed by atoms with Crippen molar-refractivity contribution in [1.82, 2.24) is 9.78 Å². The first-order valence-electron chi connectivity index (χ1n) is 9.77. The van der Waals surface area contributed by atoms with E-state index in [2.05, 4.69) is 10.4 Å². The van der Waals surface area contributed by atoms with E-state index in [0.717, 1.165) is 19.1 Å². The number of alkyl halides is 4. The van der Waals surface area contributed by atoms with E-state index in [1.54, 1.807) is 25.1 Å². The van der Waals surface area contributed by atoms with Gasteiger partial charge in [-0.15, -0.1) is 0 Å². The van der Waals surface area contributed by atoms with Gasteiger partial charge in [-0.05, 0) is 37.6 Å². The molecule has 0 fully saturated rings. The van der Waals surface area contributed by atoms with Gasteiger partial charge in [0.15, 0.2) is 0 Å². The molecule has 0 aliphatic heterocycles. The van der Waals surface area contributed by atoms with Gasteiger partial charge in [-0.2, -0.15) is 5.10 Å². The van der Waals surface area contributed by atoms with Crippen LogP contribution in [0.15, 0.2) is 36.4 Å². The zero-order chi connectivity index (χ0) is 26.0. The summed E-state index contributed by atoms with van der Waals surface area (Å²) in [6.45, 7) is 2.83. The first kappa shape index (κ1) is 26.2. The molecule has 0 aliphatic carbocycles. The molecule has 1 aromatic heterocycles. The highest BCUT2D eigenvalue weighted by molar-refractivity contribution is 6.32. The molecule has 0 saturated heterocycles. The predicted octanol–water partition coefficient (Wildman–Crippen LogP) is 7.27. The molecule has 0 spiro atoms. The number of nitro groups is 1. The van der Waals surface area contributed by atoms with E-state index in [1.807, 2.05) is 0 Å². The van der Waals surface area contributed by atoms with Crippen molar-refractivity contribution >= 4 is 40.5 Å². The maximum Gasteiger partial charge on any atom is 0.283 e. The van der Waals surface area contributed by atoms with E-state index in [-0.39, 0.29) is 11.4 Å². The Morgan fingerprint density at radius 1 is 1.14 bits per heavy atom. The van der Waals surface area contributed by atoms with Gasteiger partial charge in [0.1, 0.15) is 28.9 Å². The van der Waals surface area contributed by atoms with Crippen LogP contribution in [0, 0.1) is 17.0 Å². The molecule has 1 unspecified atom stereocenters. The minimum absolute atomic E-state index is 0.0111. The summed E-state index contributed by atoms with van der Waals surface area (Å²) in [7, 11) is 0. The number of hydrogen-bond donors (Lipinski definition) is 1. The van der Waals surface area contributed by atoms with Crippen molar-refractivity contribution < 1.29 is 32.0 Å². The maximum atomic E-state index is 13.5. The van der Waals surface area contributed by atoms with Crippen molar-refractivity contribution in [1.29, 1.82) is 0 Å². The van der Waals surface area contributed by atoms with Crippen molar-refractivity contribution in [3.05, 3.63) is 73.5 Å². The molecule has 1 atom stereocenters. The third-order valence-electron chi connectivity index (χ3n) is 4.81. The van der Waals surface area contributed by atoms with Gasteiger partial charge in [0.05, 0.1) is 21.7 Å². The highest BCUT2D eigenvalue weighted by Crippen LogP contribution is 2.37. The Bertz CT molecular complexity index is 1290. The number of rotatable bonds is 8. The largest absolute Gasteiger partial charge is 0.457 e. The van der Waals surface area contributed by atoms with Crippen molar-refractivity contribution in [2.45, 2.75) is 32.7 Å². The van der Waals surface area contributed by atoms with Crippen LogP contribution in [-0.4, -0.2) is 20.6 Å². The standard InChI is InChI=1S/C21H16Cl2F4N4O4/c1-9-5-11(22)3-4-15(9)35-14-7-12(6-13(8-14)31(33)34)28-21(32)10(2)30-18(20(26)27)16(23)17(29-30)19(24)25/h3-8,10,19-20H,1-2H3,(H,28,32). The van der Waals surface area contributed by atoms with Crippen LogP contribution in [0.2, 0.25) is 10.0 Å². The van der Waals surface area contributed by atoms with Crippen LogP contribution in [-0.2, 0) is 4.79 Å². The average molecular weight is 535 g/mol. The number of hydrogen-bond acceptors (Lipinski definition) is 5. The lowest BCUT2D eigenvalue weighted by atomic mass is 10.2. The smallest absolute Gasteiger partial charge is 0.283 e. The number of amides is 1. The Kier molecular flexibility index (Phi) is 7.86. The quantitative estimate of drug-likeness (QED) is 0.186. The minimum atomic E-state index is -3.29. The average Bonchev–Trinajstić information content (AvgIpc) is 3.12. The van der Waals surface area contributed by atoms with Crippen LogP contribution in [0.3, 0.4) is 0 Å². The Balaban J connectivity index is 1.92. The normalized spacial score (nSPS) is 12.2. The molecule has 0 aliphatic rings. The summed E-state index contributed by atoms with van der Waals surface area (Å²) in [6, 6.07) is 6.58. The van der Waals surface area contributed by atoms with Crippen LogP contribution in [0.25, 0.3) is 0 Å². The lowest BCUT2D eigenvalue weighted by molar-refractivity contribution is -0.384. The molecule has 3 rings (SSSR count). The number of benzene rings is 2. The molecule has 0 radical (unpaired) electrons. The Morgan fingerprint density at radius 3 is 2.40 bits per heavy atom. The van der Waals surface area contributed by atoms with Gasteiger partial charge in [-0.25, -0.2) is 22.2 Å². The van der Waals surface area contributed by atoms with E-state index in [9.17, 15) is 32.5 Å². The van der Waals surface area contributed by atoms with Crippen LogP contribution >= 0.6 is 23.2 Å². The highest BCUT2D eigenvalue weighted by Gasteiger charge is 2.32. The number of aryl methyl sites for hydroxylation is 1. The van der Waals surface area contributed by atoms with Gasteiger partial charge >= 0.3 is 0 Å². The molecule has 2 aromatic carbocycles. The fraction of sp³-hybridized carbons (Fsp3) is 0.238. The SMILES string of the molecule is Cc1cc(Cl)ccc1Oc1cc(NC(=O)C(C)n2nc(C(F)F)c(Cl)c2C(F)F)cc([N+](=O)[O-])c1. The lowest BCUT2D eigenvalue weighted by Crippen LogP contribution is -2.26. The topological polar surface area (TPSA) is 99.3 Å². The fourth-order valence-corrected chi connectivity index (χ4v) is 3.62. The van der Waals surface area contributed by atoms with Crippen molar-refractivity contribution in [2.75, 3.05) is 5.32 Å². The van der Waals surface area contributed by atoms with Gasteiger partial charge in [0.2, 0.25) is 5.91 Å². The van der Waals surface area contributed by atoms with Gasteiger partial charge in [-0.3, -0.25) is 14.9 Å². The van der Waals surface area contributed by atoms with E-state index in [0.29, 0.717) is 21.0 Å². The van der Waals surface area contributed by atoms with Crippen LogP contribution in [0.5, 0.6) is 11.5 Å². The summed E-state index contributed by atoms with van der Waals surface area (Å²) in [4.78, 5) is 23.4. The Morgan fingerprint density at radius 2 is 1.83 bits per heavy atom. The molecular formula is C21H16Cl2F4N4O4. The number of non-ortho nitro benzene ring substituents is 1. The number of nitrogens with one attached hydrogen (secondary N) is 1. The number of nitrogens with zero attached hydrogens (tertiary/aromatic N) is 3. The number of halogens is 6. The van der Waals surface area contributed by atoms with Crippen molar-refractivity contribution in [3.63, 3.8) is 0 Å². The number of carbonyl (C=O) groups excluding carboxylic acids is 1. The summed E-state index contributed by atoms with van der Waals surface area (Å²) in [5.74, 6) is -0.642. The minimum Gasteiger partial charge on any atom is -0.457 e. The maximum absolute atomic E-state index is 13.5. The summed E-state index contributed by atoms with van der Waals surface area (Å²) in [6.07, 6.45) is -6.54. The molecule has 1 N–H and O–H groups in total. The van der Waals surface area contributed by atoms with Gasteiger partial charge < -0.3 is 10.1 Å². The summed E-state index contributed by atoms with van der Waals surface area (Å²) < 4.78 is 59.2. The number of nitro benzene ring substituents is 1. The van der Waals surface area contributed by atoms with Crippen molar-refractivity contribution in [3.8, 4) is 11.5 Å². The molecule has 3 aromatic rings. The number of anilines is 1. The molecule has 14 heteroatoms. The van der Waals surface area contributed by atoms with E-state index in [1.165, 1.54) is 6.07 Å². The van der Waals surface area contributed by atoms with Crippen molar-refractivity contribution in [2.24, 2.45) is 0 Å².